The van der Waals surface area contributed by atoms with E-state index in [0.717, 1.165) is 18.4 Å². The largest absolute Gasteiger partial charge is 0.451 e. The fraction of sp³-hybridized carbons (Fsp3) is 0.462. The van der Waals surface area contributed by atoms with Gasteiger partial charge in [0.25, 0.3) is 0 Å². The van der Waals surface area contributed by atoms with Crippen LogP contribution in [0.1, 0.15) is 48.2 Å². The van der Waals surface area contributed by atoms with Gasteiger partial charge in [0.05, 0.1) is 11.7 Å². The Labute approximate surface area is 95.0 Å². The number of carbonyl (C=O) groups is 1. The van der Waals surface area contributed by atoms with Crippen molar-refractivity contribution in [3.05, 3.63) is 35.4 Å². The van der Waals surface area contributed by atoms with Gasteiger partial charge in [-0.05, 0) is 12.5 Å². The van der Waals surface area contributed by atoms with E-state index in [1.165, 1.54) is 0 Å². The Morgan fingerprint density at radius 3 is 2.94 bits per heavy atom. The minimum Gasteiger partial charge on any atom is -0.451 e. The van der Waals surface area contributed by atoms with Gasteiger partial charge in [0, 0.05) is 5.56 Å². The zero-order chi connectivity index (χ0) is 11.5. The first-order valence-corrected chi connectivity index (χ1v) is 5.72. The number of aliphatic hydroxyl groups is 1. The van der Waals surface area contributed by atoms with Gasteiger partial charge in [0.2, 0.25) is 0 Å². The molecule has 0 fully saturated rings. The molecule has 86 valence electrons. The fourth-order valence-corrected chi connectivity index (χ4v) is 2.02. The Bertz CT molecular complexity index is 387. The van der Waals surface area contributed by atoms with E-state index in [1.54, 1.807) is 12.1 Å². The van der Waals surface area contributed by atoms with Gasteiger partial charge in [-0.2, -0.15) is 0 Å². The Morgan fingerprint density at radius 2 is 2.19 bits per heavy atom. The standard InChI is InChI=1S/C13H16O3/c1-2-3-8-11(14)12-9-6-4-5-7-10(9)13(15)16-12/h4-7,11-12,14H,2-3,8H2,1H3. The van der Waals surface area contributed by atoms with Crippen LogP contribution in [0, 0.1) is 0 Å². The van der Waals surface area contributed by atoms with Crippen LogP contribution in [-0.4, -0.2) is 17.2 Å². The molecule has 1 aliphatic heterocycles. The third-order valence-electron chi connectivity index (χ3n) is 2.92. The molecule has 1 aromatic carbocycles. The second kappa shape index (κ2) is 4.66. The topological polar surface area (TPSA) is 46.5 Å². The molecule has 1 aromatic rings. The van der Waals surface area contributed by atoms with Crippen molar-refractivity contribution in [1.29, 1.82) is 0 Å². The monoisotopic (exact) mass is 220 g/mol. The number of esters is 1. The molecule has 0 bridgehead atoms. The second-order valence-corrected chi connectivity index (χ2v) is 4.12. The first kappa shape index (κ1) is 11.1. The lowest BCUT2D eigenvalue weighted by atomic mass is 9.98. The predicted molar refractivity (Wildman–Crippen MR) is 60.1 cm³/mol. The number of cyclic esters (lactones) is 1. The summed E-state index contributed by atoms with van der Waals surface area (Å²) in [5.41, 5.74) is 1.40. The third kappa shape index (κ3) is 1.95. The highest BCUT2D eigenvalue weighted by molar-refractivity contribution is 5.94. The molecule has 1 heterocycles. The maximum Gasteiger partial charge on any atom is 0.339 e. The first-order chi connectivity index (χ1) is 7.74. The summed E-state index contributed by atoms with van der Waals surface area (Å²) < 4.78 is 5.20. The minimum absolute atomic E-state index is 0.323. The number of unbranched alkanes of at least 4 members (excludes halogenated alkanes) is 1. The van der Waals surface area contributed by atoms with E-state index in [4.69, 9.17) is 4.74 Å². The molecule has 2 unspecified atom stereocenters. The van der Waals surface area contributed by atoms with Crippen LogP contribution in [0.5, 0.6) is 0 Å². The summed E-state index contributed by atoms with van der Waals surface area (Å²) in [5.74, 6) is -0.323. The average Bonchev–Trinajstić information content (AvgIpc) is 2.65. The molecule has 0 aliphatic carbocycles. The number of hydrogen-bond acceptors (Lipinski definition) is 3. The molecule has 0 saturated carbocycles. The molecule has 0 spiro atoms. The summed E-state index contributed by atoms with van der Waals surface area (Å²) in [5, 5.41) is 9.97. The minimum atomic E-state index is -0.590. The summed E-state index contributed by atoms with van der Waals surface area (Å²) in [6.07, 6.45) is 1.57. The SMILES string of the molecule is CCCCC(O)C1OC(=O)c2ccccc21. The van der Waals surface area contributed by atoms with Crippen molar-refractivity contribution in [1.82, 2.24) is 0 Å². The zero-order valence-electron chi connectivity index (χ0n) is 9.35. The van der Waals surface area contributed by atoms with Crippen molar-refractivity contribution in [3.63, 3.8) is 0 Å². The molecule has 0 aromatic heterocycles. The van der Waals surface area contributed by atoms with Crippen molar-refractivity contribution in [2.45, 2.75) is 38.4 Å². The van der Waals surface area contributed by atoms with Gasteiger partial charge < -0.3 is 9.84 Å². The molecule has 0 amide bonds. The molecule has 2 atom stereocenters. The highest BCUT2D eigenvalue weighted by Crippen LogP contribution is 2.34. The van der Waals surface area contributed by atoms with Gasteiger partial charge in [-0.15, -0.1) is 0 Å². The maximum atomic E-state index is 11.5. The molecule has 3 heteroatoms. The second-order valence-electron chi connectivity index (χ2n) is 4.12. The van der Waals surface area contributed by atoms with Gasteiger partial charge in [-0.25, -0.2) is 4.79 Å². The molecule has 0 saturated heterocycles. The highest BCUT2D eigenvalue weighted by atomic mass is 16.6. The quantitative estimate of drug-likeness (QED) is 0.793. The number of aliphatic hydroxyl groups excluding tert-OH is 1. The van der Waals surface area contributed by atoms with E-state index in [-0.39, 0.29) is 5.97 Å². The normalized spacial score (nSPS) is 20.4. The predicted octanol–water partition coefficient (Wildman–Crippen LogP) is 2.45. The fourth-order valence-electron chi connectivity index (χ4n) is 2.02. The lowest BCUT2D eigenvalue weighted by Gasteiger charge is -2.17. The Morgan fingerprint density at radius 1 is 1.44 bits per heavy atom. The molecule has 1 N–H and O–H groups in total. The van der Waals surface area contributed by atoms with Crippen LogP contribution in [-0.2, 0) is 4.74 Å². The smallest absolute Gasteiger partial charge is 0.339 e. The number of fused-ring (bicyclic) bond motifs is 1. The Kier molecular flexibility index (Phi) is 3.25. The van der Waals surface area contributed by atoms with Crippen molar-refractivity contribution in [2.75, 3.05) is 0 Å². The summed E-state index contributed by atoms with van der Waals surface area (Å²) in [7, 11) is 0. The van der Waals surface area contributed by atoms with E-state index in [0.29, 0.717) is 12.0 Å². The van der Waals surface area contributed by atoms with Crippen LogP contribution in [0.4, 0.5) is 0 Å². The molecule has 3 nitrogen and oxygen atoms in total. The van der Waals surface area contributed by atoms with E-state index >= 15 is 0 Å². The third-order valence-corrected chi connectivity index (χ3v) is 2.92. The molecule has 0 radical (unpaired) electrons. The van der Waals surface area contributed by atoms with Crippen LogP contribution in [0.3, 0.4) is 0 Å². The molecule has 16 heavy (non-hydrogen) atoms. The van der Waals surface area contributed by atoms with Crippen molar-refractivity contribution < 1.29 is 14.6 Å². The number of ether oxygens (including phenoxy) is 1. The van der Waals surface area contributed by atoms with Gasteiger partial charge in [0.1, 0.15) is 0 Å². The van der Waals surface area contributed by atoms with E-state index in [1.807, 2.05) is 12.1 Å². The number of benzene rings is 1. The van der Waals surface area contributed by atoms with Crippen molar-refractivity contribution in [2.24, 2.45) is 0 Å². The highest BCUT2D eigenvalue weighted by Gasteiger charge is 2.34. The van der Waals surface area contributed by atoms with Crippen LogP contribution in [0.15, 0.2) is 24.3 Å². The molecular formula is C13H16O3. The molecular weight excluding hydrogens is 204 g/mol. The summed E-state index contributed by atoms with van der Waals surface area (Å²) in [6.45, 7) is 2.07. The average molecular weight is 220 g/mol. The van der Waals surface area contributed by atoms with Crippen molar-refractivity contribution >= 4 is 5.97 Å². The number of rotatable bonds is 4. The zero-order valence-corrected chi connectivity index (χ0v) is 9.35. The molecule has 2 rings (SSSR count). The number of hydrogen-bond donors (Lipinski definition) is 1. The van der Waals surface area contributed by atoms with Gasteiger partial charge in [-0.1, -0.05) is 38.0 Å². The Balaban J connectivity index is 2.17. The maximum absolute atomic E-state index is 11.5. The summed E-state index contributed by atoms with van der Waals surface area (Å²) in [4.78, 5) is 11.5. The summed E-state index contributed by atoms with van der Waals surface area (Å²) >= 11 is 0. The van der Waals surface area contributed by atoms with Crippen LogP contribution in [0.2, 0.25) is 0 Å². The van der Waals surface area contributed by atoms with Gasteiger partial charge >= 0.3 is 5.97 Å². The molecule has 1 aliphatic rings. The lowest BCUT2D eigenvalue weighted by Crippen LogP contribution is -2.18. The van der Waals surface area contributed by atoms with Gasteiger partial charge in [-0.3, -0.25) is 0 Å². The van der Waals surface area contributed by atoms with E-state index in [2.05, 4.69) is 6.92 Å². The van der Waals surface area contributed by atoms with Crippen LogP contribution >= 0.6 is 0 Å². The van der Waals surface area contributed by atoms with Gasteiger partial charge in [0.15, 0.2) is 6.10 Å². The van der Waals surface area contributed by atoms with Crippen LogP contribution in [0.25, 0.3) is 0 Å². The first-order valence-electron chi connectivity index (χ1n) is 5.72. The van der Waals surface area contributed by atoms with Crippen molar-refractivity contribution in [3.8, 4) is 0 Å². The van der Waals surface area contributed by atoms with Crippen LogP contribution < -0.4 is 0 Å². The lowest BCUT2D eigenvalue weighted by molar-refractivity contribution is -0.0127. The van der Waals surface area contributed by atoms with E-state index in [9.17, 15) is 9.90 Å². The number of carbonyl (C=O) groups excluding carboxylic acids is 1. The summed E-state index contributed by atoms with van der Waals surface area (Å²) in [6, 6.07) is 7.26. The Hall–Kier alpha value is -1.35. The van der Waals surface area contributed by atoms with E-state index < -0.39 is 12.2 Å².